The zero-order valence-corrected chi connectivity index (χ0v) is 18.1. The Morgan fingerprint density at radius 3 is 2.16 bits per heavy atom. The average Bonchev–Trinajstić information content (AvgIpc) is 3.20. The summed E-state index contributed by atoms with van der Waals surface area (Å²) in [7, 11) is 0. The molecular weight excluding hydrogens is 396 g/mol. The Hall–Kier alpha value is -2.48. The van der Waals surface area contributed by atoms with Gasteiger partial charge in [-0.05, 0) is 43.7 Å². The molecule has 4 rings (SSSR count). The lowest BCUT2D eigenvalue weighted by Gasteiger charge is -2.37. The topological polar surface area (TPSA) is 87.0 Å². The molecule has 0 atom stereocenters. The molecule has 0 radical (unpaired) electrons. The molecule has 8 nitrogen and oxygen atoms in total. The van der Waals surface area contributed by atoms with E-state index in [-0.39, 0.29) is 27.8 Å². The van der Waals surface area contributed by atoms with Gasteiger partial charge in [0.25, 0.3) is 5.69 Å². The Morgan fingerprint density at radius 2 is 1.52 bits per heavy atom. The number of piperidine rings is 1. The summed E-state index contributed by atoms with van der Waals surface area (Å²) in [6.45, 7) is 4.69. The van der Waals surface area contributed by atoms with Crippen LogP contribution in [0.2, 0.25) is 0 Å². The number of benzene rings is 1. The number of hydrogen-bond acceptors (Lipinski definition) is 6. The van der Waals surface area contributed by atoms with Gasteiger partial charge in [0.2, 0.25) is 11.8 Å². The van der Waals surface area contributed by atoms with Gasteiger partial charge >= 0.3 is 0 Å². The smallest absolute Gasteiger partial charge is 0.292 e. The number of anilines is 1. The highest BCUT2D eigenvalue weighted by Crippen LogP contribution is 2.46. The van der Waals surface area contributed by atoms with Crippen LogP contribution in [0.1, 0.15) is 51.4 Å². The molecule has 2 heterocycles. The molecule has 1 spiro atoms. The second-order valence-electron chi connectivity index (χ2n) is 9.28. The fourth-order valence-electron chi connectivity index (χ4n) is 5.47. The molecule has 168 valence electrons. The molecule has 31 heavy (non-hydrogen) atoms. The molecule has 3 fully saturated rings. The average molecular weight is 429 g/mol. The molecule has 2 aliphatic heterocycles. The van der Waals surface area contributed by atoms with E-state index in [9.17, 15) is 19.7 Å². The second-order valence-corrected chi connectivity index (χ2v) is 9.28. The summed E-state index contributed by atoms with van der Waals surface area (Å²) in [6, 6.07) is 6.91. The van der Waals surface area contributed by atoms with Gasteiger partial charge in [-0.1, -0.05) is 25.0 Å². The van der Waals surface area contributed by atoms with Crippen molar-refractivity contribution in [3.63, 3.8) is 0 Å². The highest BCUT2D eigenvalue weighted by Gasteiger charge is 2.44. The van der Waals surface area contributed by atoms with Crippen molar-refractivity contribution in [2.75, 3.05) is 44.2 Å². The second kappa shape index (κ2) is 9.34. The molecule has 0 aromatic heterocycles. The van der Waals surface area contributed by atoms with Crippen LogP contribution in [-0.2, 0) is 9.59 Å². The fourth-order valence-corrected chi connectivity index (χ4v) is 5.47. The Bertz CT molecular complexity index is 809. The van der Waals surface area contributed by atoms with Crippen LogP contribution < -0.4 is 4.90 Å². The number of carbonyl (C=O) groups excluding carboxylic acids is 2. The molecule has 8 heteroatoms. The number of piperazine rings is 1. The van der Waals surface area contributed by atoms with Crippen molar-refractivity contribution < 1.29 is 14.5 Å². The lowest BCUT2D eigenvalue weighted by molar-refractivity contribution is -0.384. The first-order valence-electron chi connectivity index (χ1n) is 11.5. The predicted molar refractivity (Wildman–Crippen MR) is 118 cm³/mol. The van der Waals surface area contributed by atoms with E-state index in [0.717, 1.165) is 71.2 Å². The molecule has 0 unspecified atom stereocenters. The van der Waals surface area contributed by atoms with E-state index in [4.69, 9.17) is 0 Å². The van der Waals surface area contributed by atoms with E-state index < -0.39 is 0 Å². The van der Waals surface area contributed by atoms with Crippen molar-refractivity contribution in [1.82, 2.24) is 9.80 Å². The van der Waals surface area contributed by atoms with Gasteiger partial charge in [-0.15, -0.1) is 0 Å². The summed E-state index contributed by atoms with van der Waals surface area (Å²) in [5, 5.41) is 11.3. The third-order valence-corrected chi connectivity index (χ3v) is 7.22. The maximum absolute atomic E-state index is 12.5. The number of rotatable bonds is 7. The number of hydrogen-bond donors (Lipinski definition) is 0. The highest BCUT2D eigenvalue weighted by atomic mass is 16.6. The van der Waals surface area contributed by atoms with Crippen LogP contribution >= 0.6 is 0 Å². The van der Waals surface area contributed by atoms with Gasteiger partial charge in [-0.2, -0.15) is 0 Å². The van der Waals surface area contributed by atoms with Gasteiger partial charge in [0.1, 0.15) is 5.69 Å². The molecule has 3 aliphatic rings. The van der Waals surface area contributed by atoms with Crippen molar-refractivity contribution in [3.8, 4) is 0 Å². The summed E-state index contributed by atoms with van der Waals surface area (Å²) in [6.07, 6.45) is 7.20. The molecule has 2 saturated heterocycles. The highest BCUT2D eigenvalue weighted by molar-refractivity contribution is 5.98. The lowest BCUT2D eigenvalue weighted by Crippen LogP contribution is -2.48. The number of imide groups is 1. The number of amides is 2. The third-order valence-electron chi connectivity index (χ3n) is 7.22. The maximum atomic E-state index is 12.5. The zero-order valence-electron chi connectivity index (χ0n) is 18.1. The van der Waals surface area contributed by atoms with Crippen LogP contribution in [0.5, 0.6) is 0 Å². The van der Waals surface area contributed by atoms with Crippen molar-refractivity contribution in [3.05, 3.63) is 34.4 Å². The van der Waals surface area contributed by atoms with E-state index >= 15 is 0 Å². The summed E-state index contributed by atoms with van der Waals surface area (Å²) >= 11 is 0. The first-order valence-corrected chi connectivity index (χ1v) is 11.5. The Labute approximate surface area is 183 Å². The minimum atomic E-state index is -0.320. The first-order chi connectivity index (χ1) is 15.0. The minimum Gasteiger partial charge on any atom is -0.363 e. The monoisotopic (exact) mass is 428 g/mol. The van der Waals surface area contributed by atoms with E-state index in [0.29, 0.717) is 25.1 Å². The number of carbonyl (C=O) groups is 2. The largest absolute Gasteiger partial charge is 0.363 e. The van der Waals surface area contributed by atoms with Gasteiger partial charge in [0, 0.05) is 51.6 Å². The molecule has 0 N–H and O–H groups in total. The van der Waals surface area contributed by atoms with E-state index in [1.807, 2.05) is 12.1 Å². The van der Waals surface area contributed by atoms with Gasteiger partial charge in [0.05, 0.1) is 4.92 Å². The minimum absolute atomic E-state index is 0.0243. The third kappa shape index (κ3) is 4.89. The number of likely N-dealkylation sites (tertiary alicyclic amines) is 1. The summed E-state index contributed by atoms with van der Waals surface area (Å²) in [5.41, 5.74) is 0.818. The molecule has 2 amide bonds. The molecule has 1 aromatic rings. The van der Waals surface area contributed by atoms with E-state index in [2.05, 4.69) is 9.80 Å². The summed E-state index contributed by atoms with van der Waals surface area (Å²) in [4.78, 5) is 42.0. The Morgan fingerprint density at radius 1 is 0.903 bits per heavy atom. The SMILES string of the molecule is O=C1CC2(CCCC2)CC(=O)N1CCCCN1CCN(c2ccccc2[N+](=O)[O-])CC1. The zero-order chi connectivity index (χ0) is 21.8. The van der Waals surface area contributed by atoms with Crippen molar-refractivity contribution in [1.29, 1.82) is 0 Å². The molecule has 1 aromatic carbocycles. The van der Waals surface area contributed by atoms with Gasteiger partial charge in [-0.3, -0.25) is 29.5 Å². The number of unbranched alkanes of at least 4 members (excludes halogenated alkanes) is 1. The Kier molecular flexibility index (Phi) is 6.55. The molecule has 1 aliphatic carbocycles. The fraction of sp³-hybridized carbons (Fsp3) is 0.652. The van der Waals surface area contributed by atoms with Crippen molar-refractivity contribution in [2.24, 2.45) is 5.41 Å². The summed E-state index contributed by atoms with van der Waals surface area (Å²) < 4.78 is 0. The Balaban J connectivity index is 1.19. The van der Waals surface area contributed by atoms with Crippen LogP contribution in [0.15, 0.2) is 24.3 Å². The van der Waals surface area contributed by atoms with E-state index in [1.54, 1.807) is 12.1 Å². The van der Waals surface area contributed by atoms with Crippen molar-refractivity contribution >= 4 is 23.2 Å². The van der Waals surface area contributed by atoms with Crippen LogP contribution in [0.3, 0.4) is 0 Å². The van der Waals surface area contributed by atoms with Gasteiger partial charge in [0.15, 0.2) is 0 Å². The number of para-hydroxylation sites is 2. The number of nitro benzene ring substituents is 1. The standard InChI is InChI=1S/C23H32N4O4/c28-21-17-23(9-3-4-10-23)18-22(29)26(21)12-6-5-11-24-13-15-25(16-14-24)19-7-1-2-8-20(19)27(30)31/h1-2,7-8H,3-6,9-18H2. The first kappa shape index (κ1) is 21.7. The van der Waals surface area contributed by atoms with E-state index in [1.165, 1.54) is 4.90 Å². The quantitative estimate of drug-likeness (QED) is 0.287. The molecular formula is C23H32N4O4. The van der Waals surface area contributed by atoms with Gasteiger partial charge in [-0.25, -0.2) is 0 Å². The normalized spacial score (nSPS) is 21.8. The van der Waals surface area contributed by atoms with Crippen molar-refractivity contribution in [2.45, 2.75) is 51.4 Å². The van der Waals surface area contributed by atoms with Crippen LogP contribution in [0.25, 0.3) is 0 Å². The van der Waals surface area contributed by atoms with Crippen LogP contribution in [-0.4, -0.2) is 65.8 Å². The maximum Gasteiger partial charge on any atom is 0.292 e. The predicted octanol–water partition coefficient (Wildman–Crippen LogP) is 3.21. The summed E-state index contributed by atoms with van der Waals surface area (Å²) in [5.74, 6) is 0.0486. The number of nitrogens with zero attached hydrogens (tertiary/aromatic N) is 4. The van der Waals surface area contributed by atoms with Gasteiger partial charge < -0.3 is 4.90 Å². The lowest BCUT2D eigenvalue weighted by atomic mass is 9.76. The molecule has 0 bridgehead atoms. The van der Waals surface area contributed by atoms with Crippen LogP contribution in [0, 0.1) is 15.5 Å². The molecule has 1 saturated carbocycles. The number of nitro groups is 1. The van der Waals surface area contributed by atoms with Crippen LogP contribution in [0.4, 0.5) is 11.4 Å².